The summed E-state index contributed by atoms with van der Waals surface area (Å²) < 4.78 is 1.67. The van der Waals surface area contributed by atoms with E-state index in [0.717, 1.165) is 31.6 Å². The molecule has 0 bridgehead atoms. The number of aryl methyl sites for hydroxylation is 1. The minimum Gasteiger partial charge on any atom is -0.344 e. The van der Waals surface area contributed by atoms with Crippen molar-refractivity contribution in [2.24, 2.45) is 13.0 Å². The van der Waals surface area contributed by atoms with Crippen LogP contribution < -0.4 is 15.5 Å². The first-order valence-corrected chi connectivity index (χ1v) is 7.93. The summed E-state index contributed by atoms with van der Waals surface area (Å²) in [4.78, 5) is 26.1. The maximum Gasteiger partial charge on any atom is 0.249 e. The van der Waals surface area contributed by atoms with E-state index in [-0.39, 0.29) is 11.8 Å². The van der Waals surface area contributed by atoms with E-state index in [0.29, 0.717) is 25.3 Å². The lowest BCUT2D eigenvalue weighted by Gasteiger charge is -2.15. The van der Waals surface area contributed by atoms with E-state index in [1.807, 2.05) is 13.2 Å². The second-order valence-corrected chi connectivity index (χ2v) is 6.17. The molecule has 0 aromatic carbocycles. The van der Waals surface area contributed by atoms with Gasteiger partial charge in [-0.05, 0) is 38.3 Å². The van der Waals surface area contributed by atoms with Crippen molar-refractivity contribution in [1.82, 2.24) is 20.4 Å². The summed E-state index contributed by atoms with van der Waals surface area (Å²) in [5, 5.41) is 10.3. The van der Waals surface area contributed by atoms with Crippen molar-refractivity contribution in [3.8, 4) is 0 Å². The maximum atomic E-state index is 12.4. The van der Waals surface area contributed by atoms with Gasteiger partial charge in [0.1, 0.15) is 6.04 Å². The summed E-state index contributed by atoms with van der Waals surface area (Å²) in [6, 6.07) is -0.394. The van der Waals surface area contributed by atoms with E-state index in [2.05, 4.69) is 15.7 Å². The topological polar surface area (TPSA) is 79.3 Å². The van der Waals surface area contributed by atoms with Crippen LogP contribution in [0.15, 0.2) is 12.4 Å². The molecule has 1 aromatic rings. The van der Waals surface area contributed by atoms with Crippen LogP contribution in [-0.4, -0.2) is 47.3 Å². The minimum atomic E-state index is -0.394. The molecule has 0 aliphatic carbocycles. The maximum absolute atomic E-state index is 12.4. The zero-order valence-corrected chi connectivity index (χ0v) is 12.9. The van der Waals surface area contributed by atoms with Crippen LogP contribution in [-0.2, 0) is 16.6 Å². The molecule has 22 heavy (non-hydrogen) atoms. The van der Waals surface area contributed by atoms with Crippen molar-refractivity contribution >= 4 is 17.5 Å². The van der Waals surface area contributed by atoms with Crippen LogP contribution in [0.2, 0.25) is 0 Å². The molecule has 2 atom stereocenters. The highest BCUT2D eigenvalue weighted by atomic mass is 16.2. The molecule has 2 saturated heterocycles. The number of hydrogen-bond acceptors (Lipinski definition) is 4. The van der Waals surface area contributed by atoms with Crippen LogP contribution in [0, 0.1) is 5.92 Å². The fourth-order valence-corrected chi connectivity index (χ4v) is 3.18. The Labute approximate surface area is 130 Å². The summed E-state index contributed by atoms with van der Waals surface area (Å²) in [6.45, 7) is 2.68. The first kappa shape index (κ1) is 15.0. The second kappa shape index (κ2) is 6.48. The molecule has 3 heterocycles. The molecule has 1 aromatic heterocycles. The van der Waals surface area contributed by atoms with Crippen molar-refractivity contribution in [2.45, 2.75) is 31.7 Å². The Morgan fingerprint density at radius 1 is 1.50 bits per heavy atom. The minimum absolute atomic E-state index is 0.0155. The lowest BCUT2D eigenvalue weighted by molar-refractivity contribution is -0.126. The quantitative estimate of drug-likeness (QED) is 0.804. The fourth-order valence-electron chi connectivity index (χ4n) is 3.18. The predicted molar refractivity (Wildman–Crippen MR) is 82.3 cm³/mol. The average Bonchev–Trinajstić information content (AvgIpc) is 3.20. The van der Waals surface area contributed by atoms with Gasteiger partial charge in [-0.3, -0.25) is 14.3 Å². The summed E-state index contributed by atoms with van der Waals surface area (Å²) in [5.74, 6) is 0.541. The van der Waals surface area contributed by atoms with Crippen LogP contribution in [0.4, 0.5) is 5.69 Å². The SMILES string of the molecule is Cn1cc(N2CCC(NC(=O)CCC3CCNC3)C2=O)cn1. The molecule has 2 aliphatic rings. The van der Waals surface area contributed by atoms with E-state index in [1.54, 1.807) is 15.8 Å². The smallest absolute Gasteiger partial charge is 0.249 e. The molecule has 7 heteroatoms. The van der Waals surface area contributed by atoms with Crippen LogP contribution in [0.1, 0.15) is 25.7 Å². The first-order valence-electron chi connectivity index (χ1n) is 7.93. The average molecular weight is 305 g/mol. The summed E-state index contributed by atoms with van der Waals surface area (Å²) in [5.41, 5.74) is 0.793. The molecule has 2 amide bonds. The van der Waals surface area contributed by atoms with Crippen molar-refractivity contribution in [3.05, 3.63) is 12.4 Å². The highest BCUT2D eigenvalue weighted by Crippen LogP contribution is 2.21. The van der Waals surface area contributed by atoms with Gasteiger partial charge in [0.15, 0.2) is 0 Å². The van der Waals surface area contributed by atoms with Crippen LogP contribution >= 0.6 is 0 Å². The Bertz CT molecular complexity index is 550. The Hall–Kier alpha value is -1.89. The summed E-state index contributed by atoms with van der Waals surface area (Å²) >= 11 is 0. The number of rotatable bonds is 5. The molecule has 120 valence electrons. The molecule has 2 aliphatic heterocycles. The third-order valence-electron chi connectivity index (χ3n) is 4.49. The molecule has 7 nitrogen and oxygen atoms in total. The molecular formula is C15H23N5O2. The summed E-state index contributed by atoms with van der Waals surface area (Å²) in [7, 11) is 1.82. The van der Waals surface area contributed by atoms with Gasteiger partial charge in [-0.1, -0.05) is 0 Å². The molecule has 3 rings (SSSR count). The van der Waals surface area contributed by atoms with Crippen molar-refractivity contribution in [1.29, 1.82) is 0 Å². The zero-order chi connectivity index (χ0) is 15.5. The first-order chi connectivity index (χ1) is 10.6. The van der Waals surface area contributed by atoms with E-state index >= 15 is 0 Å². The second-order valence-electron chi connectivity index (χ2n) is 6.17. The van der Waals surface area contributed by atoms with Crippen LogP contribution in [0.3, 0.4) is 0 Å². The van der Waals surface area contributed by atoms with E-state index in [9.17, 15) is 9.59 Å². The third-order valence-corrected chi connectivity index (χ3v) is 4.49. The van der Waals surface area contributed by atoms with Gasteiger partial charge >= 0.3 is 0 Å². The molecular weight excluding hydrogens is 282 g/mol. The van der Waals surface area contributed by atoms with Gasteiger partial charge in [-0.25, -0.2) is 0 Å². The third kappa shape index (κ3) is 3.30. The van der Waals surface area contributed by atoms with E-state index in [4.69, 9.17) is 0 Å². The molecule has 2 N–H and O–H groups in total. The largest absolute Gasteiger partial charge is 0.344 e. The zero-order valence-electron chi connectivity index (χ0n) is 12.9. The Morgan fingerprint density at radius 3 is 3.05 bits per heavy atom. The number of nitrogens with one attached hydrogen (secondary N) is 2. The van der Waals surface area contributed by atoms with Crippen LogP contribution in [0.25, 0.3) is 0 Å². The molecule has 0 radical (unpaired) electrons. The number of hydrogen-bond donors (Lipinski definition) is 2. The number of carbonyl (C=O) groups excluding carboxylic acids is 2. The fraction of sp³-hybridized carbons (Fsp3) is 0.667. The van der Waals surface area contributed by atoms with Gasteiger partial charge in [0.05, 0.1) is 11.9 Å². The highest BCUT2D eigenvalue weighted by molar-refractivity contribution is 6.01. The van der Waals surface area contributed by atoms with Crippen molar-refractivity contribution in [3.63, 3.8) is 0 Å². The number of carbonyl (C=O) groups is 2. The molecule has 0 spiro atoms. The normalized spacial score (nSPS) is 25.0. The van der Waals surface area contributed by atoms with Gasteiger partial charge in [0.25, 0.3) is 0 Å². The summed E-state index contributed by atoms with van der Waals surface area (Å²) in [6.07, 6.45) is 6.69. The molecule has 2 unspecified atom stereocenters. The Balaban J connectivity index is 1.48. The predicted octanol–water partition coefficient (Wildman–Crippen LogP) is 0.0313. The lowest BCUT2D eigenvalue weighted by atomic mass is 10.0. The van der Waals surface area contributed by atoms with Gasteiger partial charge in [0, 0.05) is 26.2 Å². The number of amides is 2. The number of nitrogens with zero attached hydrogens (tertiary/aromatic N) is 3. The van der Waals surface area contributed by atoms with E-state index < -0.39 is 6.04 Å². The Morgan fingerprint density at radius 2 is 2.36 bits per heavy atom. The molecule has 0 saturated carbocycles. The van der Waals surface area contributed by atoms with Crippen molar-refractivity contribution in [2.75, 3.05) is 24.5 Å². The number of anilines is 1. The van der Waals surface area contributed by atoms with Gasteiger partial charge in [-0.15, -0.1) is 0 Å². The van der Waals surface area contributed by atoms with Crippen LogP contribution in [0.5, 0.6) is 0 Å². The van der Waals surface area contributed by atoms with Gasteiger partial charge in [-0.2, -0.15) is 5.10 Å². The lowest BCUT2D eigenvalue weighted by Crippen LogP contribution is -2.41. The van der Waals surface area contributed by atoms with E-state index in [1.165, 1.54) is 0 Å². The number of aromatic nitrogens is 2. The monoisotopic (exact) mass is 305 g/mol. The Kier molecular flexibility index (Phi) is 4.42. The van der Waals surface area contributed by atoms with Gasteiger partial charge in [0.2, 0.25) is 11.8 Å². The highest BCUT2D eigenvalue weighted by Gasteiger charge is 2.34. The standard InChI is InChI=1S/C15H23N5O2/c1-19-10-12(9-17-19)20-7-5-13(15(20)22)18-14(21)3-2-11-4-6-16-8-11/h9-11,13,16H,2-8H2,1H3,(H,18,21). The molecule has 2 fully saturated rings. The van der Waals surface area contributed by atoms with Crippen molar-refractivity contribution < 1.29 is 9.59 Å². The van der Waals surface area contributed by atoms with Gasteiger partial charge < -0.3 is 15.5 Å².